The molecule has 6 rings (SSSR count). The van der Waals surface area contributed by atoms with Crippen molar-refractivity contribution in [2.45, 2.75) is 19.3 Å². The Morgan fingerprint density at radius 3 is 2.52 bits per heavy atom. The molecule has 0 bridgehead atoms. The Morgan fingerprint density at radius 2 is 1.63 bits per heavy atom. The van der Waals surface area contributed by atoms with E-state index in [-0.39, 0.29) is 5.41 Å². The Kier molecular flexibility index (Phi) is 2.80. The number of hydrogen-bond acceptors (Lipinski definition) is 1. The van der Waals surface area contributed by atoms with Gasteiger partial charge in [-0.05, 0) is 57.8 Å². The third-order valence-electron chi connectivity index (χ3n) is 6.10. The fraction of sp³-hybridized carbons (Fsp3) is 0.120. The molecule has 5 aromatic rings. The zero-order valence-corrected chi connectivity index (χ0v) is 15.9. The summed E-state index contributed by atoms with van der Waals surface area (Å²) in [6.45, 7) is 4.60. The smallest absolute Gasteiger partial charge is 0.143 e. The van der Waals surface area contributed by atoms with E-state index in [0.29, 0.717) is 0 Å². The fourth-order valence-corrected chi connectivity index (χ4v) is 4.90. The highest BCUT2D eigenvalue weighted by Crippen LogP contribution is 2.53. The number of fused-ring (bicyclic) bond motifs is 8. The van der Waals surface area contributed by atoms with E-state index in [4.69, 9.17) is 16.0 Å². The van der Waals surface area contributed by atoms with Crippen LogP contribution in [0.5, 0.6) is 0 Å². The second-order valence-electron chi connectivity index (χ2n) is 7.98. The van der Waals surface area contributed by atoms with Crippen molar-refractivity contribution in [3.8, 4) is 11.1 Å². The molecule has 0 saturated heterocycles. The fourth-order valence-electron chi connectivity index (χ4n) is 4.71. The Hall–Kier alpha value is -2.77. The van der Waals surface area contributed by atoms with Gasteiger partial charge in [0.1, 0.15) is 11.2 Å². The normalized spacial score (nSPS) is 14.8. The predicted molar refractivity (Wildman–Crippen MR) is 114 cm³/mol. The lowest BCUT2D eigenvalue weighted by molar-refractivity contribution is 0.653. The van der Waals surface area contributed by atoms with Crippen LogP contribution >= 0.6 is 11.6 Å². The molecule has 0 spiro atoms. The molecule has 2 heteroatoms. The zero-order valence-electron chi connectivity index (χ0n) is 15.1. The summed E-state index contributed by atoms with van der Waals surface area (Å²) in [5.74, 6) is 0. The second-order valence-corrected chi connectivity index (χ2v) is 8.41. The van der Waals surface area contributed by atoms with Crippen LogP contribution in [0.3, 0.4) is 0 Å². The summed E-state index contributed by atoms with van der Waals surface area (Å²) >= 11 is 6.26. The van der Waals surface area contributed by atoms with E-state index in [2.05, 4.69) is 56.3 Å². The van der Waals surface area contributed by atoms with Crippen LogP contribution in [0.4, 0.5) is 0 Å². The van der Waals surface area contributed by atoms with E-state index in [1.165, 1.54) is 38.4 Å². The predicted octanol–water partition coefficient (Wildman–Crippen LogP) is 7.70. The van der Waals surface area contributed by atoms with Gasteiger partial charge in [0, 0.05) is 26.8 Å². The molecule has 4 aromatic carbocycles. The van der Waals surface area contributed by atoms with Crippen molar-refractivity contribution in [3.63, 3.8) is 0 Å². The molecule has 0 fully saturated rings. The number of rotatable bonds is 0. The molecule has 1 aliphatic carbocycles. The molecular weight excluding hydrogens is 352 g/mol. The van der Waals surface area contributed by atoms with Crippen LogP contribution < -0.4 is 0 Å². The van der Waals surface area contributed by atoms with Gasteiger partial charge in [-0.25, -0.2) is 0 Å². The quantitative estimate of drug-likeness (QED) is 0.273. The minimum Gasteiger partial charge on any atom is -0.455 e. The minimum absolute atomic E-state index is 0.0638. The molecular formula is C25H17ClO. The van der Waals surface area contributed by atoms with Crippen molar-refractivity contribution in [1.29, 1.82) is 0 Å². The highest BCUT2D eigenvalue weighted by atomic mass is 35.5. The van der Waals surface area contributed by atoms with Crippen molar-refractivity contribution in [2.24, 2.45) is 0 Å². The monoisotopic (exact) mass is 368 g/mol. The van der Waals surface area contributed by atoms with Gasteiger partial charge in [0.15, 0.2) is 0 Å². The maximum Gasteiger partial charge on any atom is 0.143 e. The molecule has 0 N–H and O–H groups in total. The first-order valence-electron chi connectivity index (χ1n) is 9.23. The molecule has 0 unspecified atom stereocenters. The first-order valence-corrected chi connectivity index (χ1v) is 9.61. The molecule has 0 amide bonds. The largest absolute Gasteiger partial charge is 0.455 e. The zero-order chi connectivity index (χ0) is 18.3. The topological polar surface area (TPSA) is 13.1 Å². The SMILES string of the molecule is CC1(C)c2cc3ccc(Cl)cc3cc2-c2c1ccc1c2oc2ccccc21. The number of furan rings is 1. The van der Waals surface area contributed by atoms with Gasteiger partial charge in [-0.15, -0.1) is 0 Å². The van der Waals surface area contributed by atoms with E-state index in [1.807, 2.05) is 24.3 Å². The van der Waals surface area contributed by atoms with Crippen molar-refractivity contribution in [3.05, 3.63) is 82.9 Å². The van der Waals surface area contributed by atoms with Crippen LogP contribution in [0.2, 0.25) is 5.02 Å². The summed E-state index contributed by atoms with van der Waals surface area (Å²) in [5, 5.41) is 5.50. The Morgan fingerprint density at radius 1 is 0.778 bits per heavy atom. The molecule has 27 heavy (non-hydrogen) atoms. The maximum atomic E-state index is 6.36. The highest BCUT2D eigenvalue weighted by Gasteiger charge is 2.37. The molecule has 0 atom stereocenters. The van der Waals surface area contributed by atoms with Crippen molar-refractivity contribution < 1.29 is 4.42 Å². The molecule has 0 aliphatic heterocycles. The summed E-state index contributed by atoms with van der Waals surface area (Å²) in [6, 6.07) is 23.5. The van der Waals surface area contributed by atoms with Crippen molar-refractivity contribution >= 4 is 44.3 Å². The number of halogens is 1. The van der Waals surface area contributed by atoms with Crippen LogP contribution in [-0.2, 0) is 5.41 Å². The molecule has 1 nitrogen and oxygen atoms in total. The Labute approximate surface area is 162 Å². The molecule has 0 radical (unpaired) electrons. The number of benzene rings is 4. The van der Waals surface area contributed by atoms with E-state index < -0.39 is 0 Å². The number of para-hydroxylation sites is 1. The van der Waals surface area contributed by atoms with Gasteiger partial charge in [-0.2, -0.15) is 0 Å². The standard InChI is InChI=1S/C25H17ClO/c1-25(2)20-10-9-18-17-5-3-4-6-22(17)27-24(18)23(20)19-12-15-11-16(26)8-7-14(15)13-21(19)25/h3-13H,1-2H3. The average molecular weight is 369 g/mol. The lowest BCUT2D eigenvalue weighted by Gasteiger charge is -2.21. The van der Waals surface area contributed by atoms with Crippen LogP contribution in [0.1, 0.15) is 25.0 Å². The van der Waals surface area contributed by atoms with Gasteiger partial charge in [0.05, 0.1) is 0 Å². The average Bonchev–Trinajstić information content (AvgIpc) is 3.14. The summed E-state index contributed by atoms with van der Waals surface area (Å²) < 4.78 is 6.36. The lowest BCUT2D eigenvalue weighted by atomic mass is 9.82. The second kappa shape index (κ2) is 4.94. The van der Waals surface area contributed by atoms with E-state index in [9.17, 15) is 0 Å². The highest BCUT2D eigenvalue weighted by molar-refractivity contribution is 6.31. The van der Waals surface area contributed by atoms with Gasteiger partial charge in [0.2, 0.25) is 0 Å². The first-order chi connectivity index (χ1) is 13.0. The summed E-state index contributed by atoms with van der Waals surface area (Å²) in [6.07, 6.45) is 0. The van der Waals surface area contributed by atoms with Crippen LogP contribution in [-0.4, -0.2) is 0 Å². The van der Waals surface area contributed by atoms with Crippen LogP contribution in [0.25, 0.3) is 43.8 Å². The molecule has 1 heterocycles. The minimum atomic E-state index is -0.0638. The third kappa shape index (κ3) is 1.90. The lowest BCUT2D eigenvalue weighted by Crippen LogP contribution is -2.14. The van der Waals surface area contributed by atoms with Gasteiger partial charge in [-0.1, -0.05) is 61.8 Å². The third-order valence-corrected chi connectivity index (χ3v) is 6.34. The van der Waals surface area contributed by atoms with Crippen molar-refractivity contribution in [1.82, 2.24) is 0 Å². The molecule has 130 valence electrons. The maximum absolute atomic E-state index is 6.36. The van der Waals surface area contributed by atoms with E-state index >= 15 is 0 Å². The number of hydrogen-bond donors (Lipinski definition) is 0. The summed E-state index contributed by atoms with van der Waals surface area (Å²) in [4.78, 5) is 0. The Balaban J connectivity index is 1.80. The molecule has 1 aliphatic rings. The van der Waals surface area contributed by atoms with E-state index in [0.717, 1.165) is 21.6 Å². The van der Waals surface area contributed by atoms with Crippen LogP contribution in [0.15, 0.2) is 71.1 Å². The molecule has 0 saturated carbocycles. The Bertz CT molecular complexity index is 1400. The first kappa shape index (κ1) is 15.3. The summed E-state index contributed by atoms with van der Waals surface area (Å²) in [7, 11) is 0. The van der Waals surface area contributed by atoms with Gasteiger partial charge >= 0.3 is 0 Å². The molecule has 1 aromatic heterocycles. The summed E-state index contributed by atoms with van der Waals surface area (Å²) in [5.41, 5.74) is 7.02. The van der Waals surface area contributed by atoms with Crippen LogP contribution in [0, 0.1) is 0 Å². The van der Waals surface area contributed by atoms with Crippen molar-refractivity contribution in [2.75, 3.05) is 0 Å². The van der Waals surface area contributed by atoms with E-state index in [1.54, 1.807) is 0 Å². The van der Waals surface area contributed by atoms with Gasteiger partial charge < -0.3 is 4.42 Å². The van der Waals surface area contributed by atoms with Gasteiger partial charge in [0.25, 0.3) is 0 Å². The van der Waals surface area contributed by atoms with Gasteiger partial charge in [-0.3, -0.25) is 0 Å².